The maximum Gasteiger partial charge on any atom is 0.210 e. The van der Waals surface area contributed by atoms with E-state index in [0.29, 0.717) is 12.5 Å². The van der Waals surface area contributed by atoms with Crippen molar-refractivity contribution in [1.82, 2.24) is 4.98 Å². The lowest BCUT2D eigenvalue weighted by atomic mass is 9.88. The third-order valence-corrected chi connectivity index (χ3v) is 4.61. The highest BCUT2D eigenvalue weighted by Crippen LogP contribution is 2.31. The fourth-order valence-corrected chi connectivity index (χ4v) is 3.04. The fraction of sp³-hybridized carbons (Fsp3) is 0.174. The van der Waals surface area contributed by atoms with Crippen LogP contribution >= 0.6 is 11.6 Å². The summed E-state index contributed by atoms with van der Waals surface area (Å²) in [6, 6.07) is 18.5. The number of halogens is 1. The molecular weight excluding hydrogens is 374 g/mol. The maximum absolute atomic E-state index is 9.64. The minimum atomic E-state index is -0.0171. The van der Waals surface area contributed by atoms with E-state index < -0.39 is 0 Å². The zero-order valence-corrected chi connectivity index (χ0v) is 16.3. The van der Waals surface area contributed by atoms with Crippen molar-refractivity contribution < 1.29 is 14.9 Å². The third-order valence-electron chi connectivity index (χ3n) is 4.46. The molecule has 0 saturated carbocycles. The number of rotatable bonds is 7. The lowest BCUT2D eigenvalue weighted by molar-refractivity contribution is 0.342. The van der Waals surface area contributed by atoms with Gasteiger partial charge in [0.05, 0.1) is 5.88 Å². The number of benzene rings is 2. The zero-order chi connectivity index (χ0) is 19.9. The lowest BCUT2D eigenvalue weighted by Crippen LogP contribution is -2.01. The van der Waals surface area contributed by atoms with E-state index in [1.807, 2.05) is 49.4 Å². The molecule has 0 saturated heterocycles. The maximum atomic E-state index is 9.64. The number of aromatic nitrogens is 1. The van der Waals surface area contributed by atoms with Crippen molar-refractivity contribution in [2.45, 2.75) is 12.8 Å². The van der Waals surface area contributed by atoms with Crippen LogP contribution in [0.5, 0.6) is 17.4 Å². The van der Waals surface area contributed by atoms with Crippen molar-refractivity contribution in [3.8, 4) is 17.4 Å². The highest BCUT2D eigenvalue weighted by molar-refractivity contribution is 6.18. The van der Waals surface area contributed by atoms with Crippen LogP contribution in [0, 0.1) is 0 Å². The molecule has 0 bridgehead atoms. The van der Waals surface area contributed by atoms with Gasteiger partial charge in [0.2, 0.25) is 5.88 Å². The minimum Gasteiger partial charge on any atom is -0.508 e. The zero-order valence-electron chi connectivity index (χ0n) is 15.5. The molecule has 0 aliphatic heterocycles. The Hall–Kier alpha value is -2.98. The number of phenolic OH excluding ortho intramolecular Hbond substituents is 1. The topological polar surface area (TPSA) is 62.6 Å². The SMILES string of the molecule is C/C(=C\C(c1ccc(O)cc1)c1ccc(OCCCl)cc1)c1ccc(O)nc1. The van der Waals surface area contributed by atoms with Crippen LogP contribution in [0.15, 0.2) is 72.9 Å². The van der Waals surface area contributed by atoms with Gasteiger partial charge in [-0.25, -0.2) is 4.98 Å². The first-order valence-corrected chi connectivity index (χ1v) is 9.52. The van der Waals surface area contributed by atoms with Crippen LogP contribution in [0.2, 0.25) is 0 Å². The number of nitrogens with zero attached hydrogens (tertiary/aromatic N) is 1. The molecule has 0 aliphatic rings. The summed E-state index contributed by atoms with van der Waals surface area (Å²) < 4.78 is 5.56. The first-order chi connectivity index (χ1) is 13.6. The molecule has 144 valence electrons. The van der Waals surface area contributed by atoms with Gasteiger partial charge in [0.1, 0.15) is 18.1 Å². The average molecular weight is 396 g/mol. The van der Waals surface area contributed by atoms with Crippen LogP contribution in [0.3, 0.4) is 0 Å². The standard InChI is InChI=1S/C23H22ClNO3/c1-16(19-6-11-23(27)25-15-19)14-22(17-2-7-20(26)8-3-17)18-4-9-21(10-5-18)28-13-12-24/h2-11,14-15,22,26H,12-13H2,1H3,(H,25,27)/b16-14+. The van der Waals surface area contributed by atoms with E-state index in [4.69, 9.17) is 16.3 Å². The van der Waals surface area contributed by atoms with Crippen LogP contribution in [0.1, 0.15) is 29.5 Å². The smallest absolute Gasteiger partial charge is 0.210 e. The monoisotopic (exact) mass is 395 g/mol. The summed E-state index contributed by atoms with van der Waals surface area (Å²) in [5, 5.41) is 19.1. The number of phenols is 1. The van der Waals surface area contributed by atoms with E-state index in [2.05, 4.69) is 11.1 Å². The van der Waals surface area contributed by atoms with E-state index in [1.54, 1.807) is 24.4 Å². The predicted molar refractivity (Wildman–Crippen MR) is 112 cm³/mol. The van der Waals surface area contributed by atoms with Gasteiger partial charge in [0.15, 0.2) is 0 Å². The van der Waals surface area contributed by atoms with Crippen molar-refractivity contribution in [2.24, 2.45) is 0 Å². The molecule has 3 rings (SSSR count). The molecule has 4 nitrogen and oxygen atoms in total. The molecule has 1 unspecified atom stereocenters. The lowest BCUT2D eigenvalue weighted by Gasteiger charge is -2.17. The minimum absolute atomic E-state index is 0.000769. The number of hydrogen-bond acceptors (Lipinski definition) is 4. The Morgan fingerprint density at radius 3 is 2.21 bits per heavy atom. The first-order valence-electron chi connectivity index (χ1n) is 8.98. The molecule has 0 amide bonds. The number of alkyl halides is 1. The highest BCUT2D eigenvalue weighted by atomic mass is 35.5. The van der Waals surface area contributed by atoms with Crippen molar-refractivity contribution >= 4 is 17.2 Å². The Kier molecular flexibility index (Phi) is 6.56. The molecule has 3 aromatic rings. The molecule has 0 spiro atoms. The van der Waals surface area contributed by atoms with Gasteiger partial charge in [-0.05, 0) is 59.5 Å². The molecule has 2 N–H and O–H groups in total. The van der Waals surface area contributed by atoms with E-state index >= 15 is 0 Å². The van der Waals surface area contributed by atoms with Crippen molar-refractivity contribution in [3.05, 3.63) is 89.6 Å². The summed E-state index contributed by atoms with van der Waals surface area (Å²) in [5.41, 5.74) is 4.12. The molecule has 0 fully saturated rings. The van der Waals surface area contributed by atoms with E-state index in [9.17, 15) is 10.2 Å². The van der Waals surface area contributed by atoms with Crippen molar-refractivity contribution in [2.75, 3.05) is 12.5 Å². The van der Waals surface area contributed by atoms with Crippen molar-refractivity contribution in [3.63, 3.8) is 0 Å². The van der Waals surface area contributed by atoms with Crippen LogP contribution in [0.4, 0.5) is 0 Å². The van der Waals surface area contributed by atoms with E-state index in [0.717, 1.165) is 28.0 Å². The number of pyridine rings is 1. The average Bonchev–Trinajstić information content (AvgIpc) is 2.72. The second-order valence-electron chi connectivity index (χ2n) is 6.43. The van der Waals surface area contributed by atoms with Gasteiger partial charge in [-0.2, -0.15) is 0 Å². The molecular formula is C23H22ClNO3. The van der Waals surface area contributed by atoms with Crippen LogP contribution in [-0.4, -0.2) is 27.7 Å². The van der Waals surface area contributed by atoms with Gasteiger partial charge in [0.25, 0.3) is 0 Å². The predicted octanol–water partition coefficient (Wildman–Crippen LogP) is 5.35. The summed E-state index contributed by atoms with van der Waals surface area (Å²) in [6.45, 7) is 2.48. The molecule has 28 heavy (non-hydrogen) atoms. The number of ether oxygens (including phenoxy) is 1. The molecule has 0 radical (unpaired) electrons. The molecule has 0 aliphatic carbocycles. The largest absolute Gasteiger partial charge is 0.508 e. The van der Waals surface area contributed by atoms with Crippen molar-refractivity contribution in [1.29, 1.82) is 0 Å². The summed E-state index contributed by atoms with van der Waals surface area (Å²) in [7, 11) is 0. The van der Waals surface area contributed by atoms with Gasteiger partial charge in [-0.1, -0.05) is 30.3 Å². The van der Waals surface area contributed by atoms with Gasteiger partial charge < -0.3 is 14.9 Å². The van der Waals surface area contributed by atoms with Gasteiger partial charge in [-0.3, -0.25) is 0 Å². The summed E-state index contributed by atoms with van der Waals surface area (Å²) in [6.07, 6.45) is 3.80. The Balaban J connectivity index is 1.96. The van der Waals surface area contributed by atoms with E-state index in [-0.39, 0.29) is 17.5 Å². The second-order valence-corrected chi connectivity index (χ2v) is 6.81. The Labute approximate surface area is 169 Å². The summed E-state index contributed by atoms with van der Waals surface area (Å²) in [4.78, 5) is 3.96. The highest BCUT2D eigenvalue weighted by Gasteiger charge is 2.13. The Morgan fingerprint density at radius 1 is 1.00 bits per heavy atom. The van der Waals surface area contributed by atoms with E-state index in [1.165, 1.54) is 0 Å². The molecule has 5 heteroatoms. The summed E-state index contributed by atoms with van der Waals surface area (Å²) >= 11 is 5.68. The fourth-order valence-electron chi connectivity index (χ4n) is 2.96. The molecule has 2 aromatic carbocycles. The number of hydrogen-bond donors (Lipinski definition) is 2. The Morgan fingerprint density at radius 2 is 1.64 bits per heavy atom. The third kappa shape index (κ3) is 5.05. The first kappa shape index (κ1) is 19.8. The van der Waals surface area contributed by atoms with Crippen LogP contribution in [-0.2, 0) is 0 Å². The summed E-state index contributed by atoms with van der Waals surface area (Å²) in [5.74, 6) is 1.43. The quantitative estimate of drug-likeness (QED) is 0.529. The number of aromatic hydroxyl groups is 2. The normalized spacial score (nSPS) is 12.6. The molecule has 1 heterocycles. The number of allylic oxidation sites excluding steroid dienone is 2. The van der Waals surface area contributed by atoms with Gasteiger partial charge in [0, 0.05) is 18.2 Å². The van der Waals surface area contributed by atoms with Crippen LogP contribution in [0.25, 0.3) is 5.57 Å². The van der Waals surface area contributed by atoms with Gasteiger partial charge >= 0.3 is 0 Å². The molecule has 1 aromatic heterocycles. The second kappa shape index (κ2) is 9.29. The molecule has 1 atom stereocenters. The van der Waals surface area contributed by atoms with Crippen LogP contribution < -0.4 is 4.74 Å². The van der Waals surface area contributed by atoms with Gasteiger partial charge in [-0.15, -0.1) is 11.6 Å². The Bertz CT molecular complexity index is 920.